The molecule has 0 unspecified atom stereocenters. The average Bonchev–Trinajstić information content (AvgIpc) is 2.65. The molecule has 6 heteroatoms. The van der Waals surface area contributed by atoms with Crippen LogP contribution in [0.5, 0.6) is 11.5 Å². The third kappa shape index (κ3) is 2.69. The van der Waals surface area contributed by atoms with Crippen LogP contribution in [0.3, 0.4) is 0 Å². The van der Waals surface area contributed by atoms with Crippen LogP contribution in [0.4, 0.5) is 0 Å². The summed E-state index contributed by atoms with van der Waals surface area (Å²) in [4.78, 5) is 17.3. The number of fused-ring (bicyclic) bond motifs is 2. The Kier molecular flexibility index (Phi) is 3.71. The standard InChI is InChI=1S/C21H12Cl2N2O2/c22-14-3-4-17-18(8-14)27-19-9-15(23)7-16-20(19)25(17)11-13(21(16)26)6-12-2-1-5-24-10-12/h1-5,7-11H,6H2. The predicted molar refractivity (Wildman–Crippen MR) is 107 cm³/mol. The molecular weight excluding hydrogens is 383 g/mol. The number of aromatic nitrogens is 2. The second kappa shape index (κ2) is 6.12. The molecule has 0 bridgehead atoms. The molecule has 4 nitrogen and oxygen atoms in total. The molecule has 4 aromatic rings. The summed E-state index contributed by atoms with van der Waals surface area (Å²) < 4.78 is 7.96. The van der Waals surface area contributed by atoms with Gasteiger partial charge < -0.3 is 9.30 Å². The highest BCUT2D eigenvalue weighted by Gasteiger charge is 2.23. The van der Waals surface area contributed by atoms with Gasteiger partial charge in [0.25, 0.3) is 0 Å². The van der Waals surface area contributed by atoms with Crippen LogP contribution >= 0.6 is 23.2 Å². The largest absolute Gasteiger partial charge is 0.453 e. The number of pyridine rings is 2. The smallest absolute Gasteiger partial charge is 0.193 e. The molecule has 0 fully saturated rings. The summed E-state index contributed by atoms with van der Waals surface area (Å²) in [6, 6.07) is 12.7. The van der Waals surface area contributed by atoms with Gasteiger partial charge in [-0.15, -0.1) is 0 Å². The van der Waals surface area contributed by atoms with Crippen molar-refractivity contribution >= 4 is 34.1 Å². The monoisotopic (exact) mass is 394 g/mol. The van der Waals surface area contributed by atoms with E-state index in [2.05, 4.69) is 4.98 Å². The van der Waals surface area contributed by atoms with Crippen LogP contribution in [0.25, 0.3) is 16.6 Å². The summed E-state index contributed by atoms with van der Waals surface area (Å²) in [5.74, 6) is 1.16. The van der Waals surface area contributed by atoms with Gasteiger partial charge in [0.2, 0.25) is 0 Å². The molecule has 27 heavy (non-hydrogen) atoms. The van der Waals surface area contributed by atoms with Crippen molar-refractivity contribution in [2.75, 3.05) is 0 Å². The summed E-state index contributed by atoms with van der Waals surface area (Å²) >= 11 is 12.4. The Morgan fingerprint density at radius 3 is 2.70 bits per heavy atom. The fourth-order valence-electron chi connectivity index (χ4n) is 3.45. The lowest BCUT2D eigenvalue weighted by atomic mass is 10.0. The molecule has 0 atom stereocenters. The van der Waals surface area contributed by atoms with E-state index in [1.54, 1.807) is 36.7 Å². The van der Waals surface area contributed by atoms with E-state index in [1.165, 1.54) is 0 Å². The molecule has 3 heterocycles. The van der Waals surface area contributed by atoms with Gasteiger partial charge in [-0.3, -0.25) is 9.78 Å². The number of benzene rings is 2. The summed E-state index contributed by atoms with van der Waals surface area (Å²) in [7, 11) is 0. The molecular formula is C21H12Cl2N2O2. The quantitative estimate of drug-likeness (QED) is 0.403. The number of hydrogen-bond donors (Lipinski definition) is 0. The molecule has 2 aromatic carbocycles. The molecule has 0 amide bonds. The third-order valence-electron chi connectivity index (χ3n) is 4.62. The van der Waals surface area contributed by atoms with Crippen molar-refractivity contribution in [3.05, 3.63) is 92.5 Å². The van der Waals surface area contributed by atoms with E-state index in [1.807, 2.05) is 29.0 Å². The topological polar surface area (TPSA) is 44.1 Å². The summed E-state index contributed by atoms with van der Waals surface area (Å²) in [6.07, 6.45) is 5.82. The minimum Gasteiger partial charge on any atom is -0.453 e. The molecule has 132 valence electrons. The molecule has 0 radical (unpaired) electrons. The zero-order valence-corrected chi connectivity index (χ0v) is 15.5. The second-order valence-electron chi connectivity index (χ2n) is 6.41. The lowest BCUT2D eigenvalue weighted by Gasteiger charge is -2.24. The molecule has 0 N–H and O–H groups in total. The third-order valence-corrected chi connectivity index (χ3v) is 5.07. The maximum atomic E-state index is 13.1. The molecule has 0 aliphatic carbocycles. The van der Waals surface area contributed by atoms with Gasteiger partial charge in [0.05, 0.1) is 11.1 Å². The maximum Gasteiger partial charge on any atom is 0.193 e. The fourth-order valence-corrected chi connectivity index (χ4v) is 3.82. The van der Waals surface area contributed by atoms with Gasteiger partial charge in [0, 0.05) is 52.8 Å². The normalized spacial score (nSPS) is 11.9. The second-order valence-corrected chi connectivity index (χ2v) is 7.28. The molecule has 1 aliphatic heterocycles. The van der Waals surface area contributed by atoms with E-state index >= 15 is 0 Å². The van der Waals surface area contributed by atoms with Crippen LogP contribution < -0.4 is 10.2 Å². The Hall–Kier alpha value is -2.82. The van der Waals surface area contributed by atoms with E-state index in [0.29, 0.717) is 44.4 Å². The highest BCUT2D eigenvalue weighted by atomic mass is 35.5. The lowest BCUT2D eigenvalue weighted by molar-refractivity contribution is 0.474. The van der Waals surface area contributed by atoms with E-state index < -0.39 is 0 Å². The van der Waals surface area contributed by atoms with Crippen molar-refractivity contribution in [3.63, 3.8) is 0 Å². The van der Waals surface area contributed by atoms with Crippen LogP contribution in [0.2, 0.25) is 10.0 Å². The minimum atomic E-state index is -0.0603. The van der Waals surface area contributed by atoms with E-state index in [0.717, 1.165) is 11.3 Å². The number of halogens is 2. The Balaban J connectivity index is 1.82. The highest BCUT2D eigenvalue weighted by molar-refractivity contribution is 6.31. The van der Waals surface area contributed by atoms with Crippen molar-refractivity contribution in [1.29, 1.82) is 0 Å². The Labute approximate surface area is 164 Å². The number of hydrogen-bond acceptors (Lipinski definition) is 3. The van der Waals surface area contributed by atoms with Gasteiger partial charge in [0.15, 0.2) is 16.9 Å². The zero-order chi connectivity index (χ0) is 18.5. The maximum absolute atomic E-state index is 13.1. The van der Waals surface area contributed by atoms with Crippen LogP contribution in [0.1, 0.15) is 11.1 Å². The van der Waals surface area contributed by atoms with E-state index in [9.17, 15) is 4.79 Å². The first kappa shape index (κ1) is 16.4. The number of ether oxygens (including phenoxy) is 1. The van der Waals surface area contributed by atoms with Gasteiger partial charge >= 0.3 is 0 Å². The molecule has 5 rings (SSSR count). The first-order valence-corrected chi connectivity index (χ1v) is 9.10. The van der Waals surface area contributed by atoms with Crippen molar-refractivity contribution in [1.82, 2.24) is 9.55 Å². The Morgan fingerprint density at radius 1 is 1.04 bits per heavy atom. The van der Waals surface area contributed by atoms with Crippen LogP contribution in [0, 0.1) is 0 Å². The zero-order valence-electron chi connectivity index (χ0n) is 13.9. The van der Waals surface area contributed by atoms with Gasteiger partial charge in [-0.2, -0.15) is 0 Å². The van der Waals surface area contributed by atoms with E-state index in [-0.39, 0.29) is 5.43 Å². The van der Waals surface area contributed by atoms with Crippen LogP contribution in [-0.2, 0) is 6.42 Å². The summed E-state index contributed by atoms with van der Waals surface area (Å²) in [5.41, 5.74) is 3.09. The molecule has 0 saturated heterocycles. The molecule has 0 saturated carbocycles. The summed E-state index contributed by atoms with van der Waals surface area (Å²) in [5, 5.41) is 1.55. The van der Waals surface area contributed by atoms with Crippen molar-refractivity contribution in [2.45, 2.75) is 6.42 Å². The lowest BCUT2D eigenvalue weighted by Crippen LogP contribution is -2.17. The average molecular weight is 395 g/mol. The number of nitrogens with zero attached hydrogens (tertiary/aromatic N) is 2. The highest BCUT2D eigenvalue weighted by Crippen LogP contribution is 2.42. The predicted octanol–water partition coefficient (Wildman–Crippen LogP) is 5.39. The minimum absolute atomic E-state index is 0.0603. The first-order chi connectivity index (χ1) is 13.1. The van der Waals surface area contributed by atoms with Crippen LogP contribution in [0.15, 0.2) is 65.8 Å². The fraction of sp³-hybridized carbons (Fsp3) is 0.0476. The van der Waals surface area contributed by atoms with Gasteiger partial charge in [-0.1, -0.05) is 29.3 Å². The first-order valence-electron chi connectivity index (χ1n) is 8.34. The van der Waals surface area contributed by atoms with Crippen LogP contribution in [-0.4, -0.2) is 9.55 Å². The van der Waals surface area contributed by atoms with Gasteiger partial charge in [-0.05, 0) is 29.8 Å². The molecule has 2 aromatic heterocycles. The molecule has 0 spiro atoms. The molecule has 1 aliphatic rings. The van der Waals surface area contributed by atoms with E-state index in [4.69, 9.17) is 27.9 Å². The Morgan fingerprint density at radius 2 is 1.89 bits per heavy atom. The SMILES string of the molecule is O=c1c(Cc2cccnc2)cn2c3c(cc(Cl)cc13)Oc1cc(Cl)ccc1-2. The van der Waals surface area contributed by atoms with Crippen molar-refractivity contribution in [2.24, 2.45) is 0 Å². The number of rotatable bonds is 2. The van der Waals surface area contributed by atoms with Gasteiger partial charge in [-0.25, -0.2) is 0 Å². The Bertz CT molecular complexity index is 1270. The van der Waals surface area contributed by atoms with Crippen molar-refractivity contribution in [3.8, 4) is 17.2 Å². The van der Waals surface area contributed by atoms with Crippen molar-refractivity contribution < 1.29 is 4.74 Å². The summed E-state index contributed by atoms with van der Waals surface area (Å²) in [6.45, 7) is 0. The van der Waals surface area contributed by atoms with Gasteiger partial charge in [0.1, 0.15) is 5.52 Å².